The summed E-state index contributed by atoms with van der Waals surface area (Å²) in [6.45, 7) is 0.517. The van der Waals surface area contributed by atoms with Crippen molar-refractivity contribution in [3.05, 3.63) is 72.4 Å². The van der Waals surface area contributed by atoms with Crippen LogP contribution in [0.25, 0.3) is 32.8 Å². The highest BCUT2D eigenvalue weighted by atomic mass is 16.5. The molecule has 0 aliphatic carbocycles. The lowest BCUT2D eigenvalue weighted by Gasteiger charge is -2.11. The summed E-state index contributed by atoms with van der Waals surface area (Å²) < 4.78 is 11.4. The molecule has 6 nitrogen and oxygen atoms in total. The third-order valence-corrected chi connectivity index (χ3v) is 5.30. The number of carbonyl (C=O) groups excluding carboxylic acids is 1. The third kappa shape index (κ3) is 3.22. The quantitative estimate of drug-likeness (QED) is 0.368. The van der Waals surface area contributed by atoms with Crippen molar-refractivity contribution in [2.45, 2.75) is 6.42 Å². The van der Waals surface area contributed by atoms with E-state index in [1.807, 2.05) is 54.7 Å². The normalized spacial score (nSPS) is 11.2. The number of aromatic nitrogens is 1. The molecule has 6 heteroatoms. The molecule has 3 N–H and O–H groups in total. The van der Waals surface area contributed by atoms with Gasteiger partial charge in [0.2, 0.25) is 0 Å². The van der Waals surface area contributed by atoms with Gasteiger partial charge in [-0.05, 0) is 30.2 Å². The van der Waals surface area contributed by atoms with Crippen LogP contribution in [0.4, 0.5) is 10.5 Å². The van der Waals surface area contributed by atoms with E-state index in [-0.39, 0.29) is 6.03 Å². The Morgan fingerprint density at radius 3 is 2.67 bits per heavy atom. The molecule has 30 heavy (non-hydrogen) atoms. The van der Waals surface area contributed by atoms with Gasteiger partial charge in [-0.1, -0.05) is 36.4 Å². The lowest BCUT2D eigenvalue weighted by Crippen LogP contribution is -2.30. The summed E-state index contributed by atoms with van der Waals surface area (Å²) in [5, 5.41) is 8.93. The fraction of sp³-hybridized carbons (Fsp3) is 0.125. The Kier molecular flexibility index (Phi) is 4.52. The Balaban J connectivity index is 1.30. The van der Waals surface area contributed by atoms with Crippen molar-refractivity contribution in [2.75, 3.05) is 19.0 Å². The van der Waals surface area contributed by atoms with E-state index < -0.39 is 0 Å². The van der Waals surface area contributed by atoms with Crippen molar-refractivity contribution >= 4 is 44.6 Å². The minimum Gasteiger partial charge on any atom is -0.495 e. The summed E-state index contributed by atoms with van der Waals surface area (Å²) in [4.78, 5) is 15.7. The molecule has 0 aliphatic rings. The van der Waals surface area contributed by atoms with Gasteiger partial charge >= 0.3 is 6.03 Å². The number of hydrogen-bond acceptors (Lipinski definition) is 3. The van der Waals surface area contributed by atoms with Gasteiger partial charge in [-0.15, -0.1) is 0 Å². The number of anilines is 1. The maximum absolute atomic E-state index is 12.5. The number of ether oxygens (including phenoxy) is 1. The van der Waals surface area contributed by atoms with Crippen LogP contribution < -0.4 is 15.4 Å². The molecule has 2 heterocycles. The zero-order valence-electron chi connectivity index (χ0n) is 16.5. The molecule has 150 valence electrons. The van der Waals surface area contributed by atoms with E-state index in [1.54, 1.807) is 13.2 Å². The SMILES string of the molecule is COc1cc2c(cc1NC(=O)NCCc1c[nH]c3ccccc13)oc1ccccc12. The van der Waals surface area contributed by atoms with Crippen molar-refractivity contribution < 1.29 is 13.9 Å². The molecule has 0 spiro atoms. The molecule has 0 atom stereocenters. The second-order valence-electron chi connectivity index (χ2n) is 7.14. The number of furan rings is 1. The molecule has 2 aromatic heterocycles. The highest BCUT2D eigenvalue weighted by Gasteiger charge is 2.14. The Morgan fingerprint density at radius 1 is 1.00 bits per heavy atom. The number of benzene rings is 3. The maximum atomic E-state index is 12.5. The Labute approximate surface area is 172 Å². The molecule has 0 saturated heterocycles. The molecule has 3 aromatic carbocycles. The monoisotopic (exact) mass is 399 g/mol. The third-order valence-electron chi connectivity index (χ3n) is 5.30. The largest absolute Gasteiger partial charge is 0.495 e. The summed E-state index contributed by atoms with van der Waals surface area (Å²) in [7, 11) is 1.59. The Morgan fingerprint density at radius 2 is 1.80 bits per heavy atom. The predicted octanol–water partition coefficient (Wildman–Crippen LogP) is 5.44. The van der Waals surface area contributed by atoms with Crippen molar-refractivity contribution in [3.8, 4) is 5.75 Å². The van der Waals surface area contributed by atoms with Gasteiger partial charge in [0.05, 0.1) is 12.8 Å². The number of H-pyrrole nitrogens is 1. The summed E-state index contributed by atoms with van der Waals surface area (Å²) in [5.41, 5.74) is 4.34. The number of nitrogens with one attached hydrogen (secondary N) is 3. The second kappa shape index (κ2) is 7.48. The van der Waals surface area contributed by atoms with Gasteiger partial charge in [0.15, 0.2) is 0 Å². The van der Waals surface area contributed by atoms with E-state index in [0.717, 1.165) is 28.3 Å². The molecule has 5 aromatic rings. The smallest absolute Gasteiger partial charge is 0.319 e. The first-order valence-electron chi connectivity index (χ1n) is 9.82. The minimum absolute atomic E-state index is 0.288. The molecular formula is C24H21N3O3. The van der Waals surface area contributed by atoms with Crippen molar-refractivity contribution in [3.63, 3.8) is 0 Å². The van der Waals surface area contributed by atoms with Crippen LogP contribution in [0.1, 0.15) is 5.56 Å². The number of amides is 2. The first kappa shape index (κ1) is 18.1. The van der Waals surface area contributed by atoms with Crippen LogP contribution >= 0.6 is 0 Å². The number of rotatable bonds is 5. The van der Waals surface area contributed by atoms with Crippen LogP contribution in [0, 0.1) is 0 Å². The van der Waals surface area contributed by atoms with E-state index in [9.17, 15) is 4.79 Å². The average Bonchev–Trinajstić information content (AvgIpc) is 3.34. The molecule has 5 rings (SSSR count). The zero-order valence-corrected chi connectivity index (χ0v) is 16.5. The second-order valence-corrected chi connectivity index (χ2v) is 7.14. The predicted molar refractivity (Wildman–Crippen MR) is 119 cm³/mol. The van der Waals surface area contributed by atoms with Gasteiger partial charge in [-0.25, -0.2) is 4.79 Å². The number of carbonyl (C=O) groups is 1. The van der Waals surface area contributed by atoms with Crippen LogP contribution in [-0.2, 0) is 6.42 Å². The fourth-order valence-electron chi connectivity index (χ4n) is 3.83. The van der Waals surface area contributed by atoms with E-state index in [0.29, 0.717) is 23.6 Å². The lowest BCUT2D eigenvalue weighted by molar-refractivity contribution is 0.252. The number of methoxy groups -OCH3 is 1. The molecule has 0 aliphatic heterocycles. The average molecular weight is 399 g/mol. The van der Waals surface area contributed by atoms with Gasteiger partial charge in [0.1, 0.15) is 16.9 Å². The summed E-state index contributed by atoms with van der Waals surface area (Å²) in [6, 6.07) is 19.4. The van der Waals surface area contributed by atoms with Crippen molar-refractivity contribution in [2.24, 2.45) is 0 Å². The maximum Gasteiger partial charge on any atom is 0.319 e. The van der Waals surface area contributed by atoms with E-state index >= 15 is 0 Å². The Bertz CT molecular complexity index is 1370. The zero-order chi connectivity index (χ0) is 20.5. The molecular weight excluding hydrogens is 378 g/mol. The van der Waals surface area contributed by atoms with Gasteiger partial charge < -0.3 is 24.8 Å². The fourth-order valence-corrected chi connectivity index (χ4v) is 3.83. The molecule has 0 bridgehead atoms. The molecule has 0 fully saturated rings. The standard InChI is InChI=1S/C24H21N3O3/c1-29-23-12-18-17-7-3-5-9-21(17)30-22(18)13-20(23)27-24(28)25-11-10-15-14-26-19-8-4-2-6-16(15)19/h2-9,12-14,26H,10-11H2,1H3,(H2,25,27,28). The van der Waals surface area contributed by atoms with Gasteiger partial charge in [0.25, 0.3) is 0 Å². The van der Waals surface area contributed by atoms with Gasteiger partial charge in [0, 0.05) is 40.5 Å². The van der Waals surface area contributed by atoms with Crippen LogP contribution in [0.3, 0.4) is 0 Å². The number of urea groups is 1. The van der Waals surface area contributed by atoms with Crippen LogP contribution in [0.5, 0.6) is 5.75 Å². The van der Waals surface area contributed by atoms with Crippen molar-refractivity contribution in [1.29, 1.82) is 0 Å². The topological polar surface area (TPSA) is 79.3 Å². The number of para-hydroxylation sites is 2. The van der Waals surface area contributed by atoms with E-state index in [4.69, 9.17) is 9.15 Å². The highest BCUT2D eigenvalue weighted by molar-refractivity contribution is 6.07. The Hall–Kier alpha value is -3.93. The van der Waals surface area contributed by atoms with E-state index in [2.05, 4.69) is 21.7 Å². The number of fused-ring (bicyclic) bond motifs is 4. The number of hydrogen-bond donors (Lipinski definition) is 3. The molecule has 0 radical (unpaired) electrons. The highest BCUT2D eigenvalue weighted by Crippen LogP contribution is 2.36. The first-order chi connectivity index (χ1) is 14.7. The molecule has 0 saturated carbocycles. The molecule has 0 unspecified atom stereocenters. The summed E-state index contributed by atoms with van der Waals surface area (Å²) >= 11 is 0. The minimum atomic E-state index is -0.288. The summed E-state index contributed by atoms with van der Waals surface area (Å²) in [5.74, 6) is 0.584. The van der Waals surface area contributed by atoms with Crippen LogP contribution in [0.15, 0.2) is 71.3 Å². The van der Waals surface area contributed by atoms with E-state index in [1.165, 1.54) is 10.9 Å². The number of aromatic amines is 1. The first-order valence-corrected chi connectivity index (χ1v) is 9.82. The van der Waals surface area contributed by atoms with Crippen LogP contribution in [0.2, 0.25) is 0 Å². The van der Waals surface area contributed by atoms with Crippen molar-refractivity contribution in [1.82, 2.24) is 10.3 Å². The van der Waals surface area contributed by atoms with Gasteiger partial charge in [-0.2, -0.15) is 0 Å². The molecule has 2 amide bonds. The lowest BCUT2D eigenvalue weighted by atomic mass is 10.1. The summed E-state index contributed by atoms with van der Waals surface area (Å²) in [6.07, 6.45) is 2.72. The van der Waals surface area contributed by atoms with Gasteiger partial charge in [-0.3, -0.25) is 0 Å². The van der Waals surface area contributed by atoms with Crippen LogP contribution in [-0.4, -0.2) is 24.7 Å².